The summed E-state index contributed by atoms with van der Waals surface area (Å²) in [5, 5.41) is 11.7. The summed E-state index contributed by atoms with van der Waals surface area (Å²) in [4.78, 5) is 25.6. The molecule has 2 aliphatic rings. The Morgan fingerprint density at radius 3 is 2.89 bits per heavy atom. The summed E-state index contributed by atoms with van der Waals surface area (Å²) < 4.78 is 2.20. The number of nitrogens with one attached hydrogen (secondary N) is 1. The van der Waals surface area contributed by atoms with Crippen molar-refractivity contribution in [2.45, 2.75) is 38.6 Å². The second-order valence-corrected chi connectivity index (χ2v) is 7.55. The number of amides is 2. The third kappa shape index (κ3) is 3.83. The maximum absolute atomic E-state index is 12.4. The number of hydrogen-bond acceptors (Lipinski definition) is 4. The Morgan fingerprint density at radius 1 is 1.21 bits per heavy atom. The van der Waals surface area contributed by atoms with Crippen LogP contribution in [0, 0.1) is 5.92 Å². The zero-order chi connectivity index (χ0) is 19.5. The van der Waals surface area contributed by atoms with E-state index in [1.807, 2.05) is 24.3 Å². The summed E-state index contributed by atoms with van der Waals surface area (Å²) in [5.74, 6) is 2.01. The van der Waals surface area contributed by atoms with Crippen molar-refractivity contribution in [1.29, 1.82) is 0 Å². The molecule has 0 radical (unpaired) electrons. The van der Waals surface area contributed by atoms with Gasteiger partial charge in [0, 0.05) is 49.6 Å². The Balaban J connectivity index is 1.39. The van der Waals surface area contributed by atoms with Crippen LogP contribution in [0.4, 0.5) is 5.69 Å². The summed E-state index contributed by atoms with van der Waals surface area (Å²) >= 11 is 0. The van der Waals surface area contributed by atoms with E-state index in [1.54, 1.807) is 4.90 Å². The molecule has 0 bridgehead atoms. The average Bonchev–Trinajstić information content (AvgIpc) is 2.92. The van der Waals surface area contributed by atoms with Crippen molar-refractivity contribution in [3.63, 3.8) is 0 Å². The molecule has 3 heterocycles. The van der Waals surface area contributed by atoms with E-state index in [1.165, 1.54) is 12.5 Å². The molecule has 0 saturated carbocycles. The highest BCUT2D eigenvalue weighted by Crippen LogP contribution is 2.25. The lowest BCUT2D eigenvalue weighted by molar-refractivity contribution is -0.134. The molecule has 28 heavy (non-hydrogen) atoms. The zero-order valence-corrected chi connectivity index (χ0v) is 15.9. The van der Waals surface area contributed by atoms with E-state index in [0.717, 1.165) is 48.7 Å². The van der Waals surface area contributed by atoms with Crippen LogP contribution in [0.25, 0.3) is 11.4 Å². The normalized spacial score (nSPS) is 16.6. The fourth-order valence-corrected chi connectivity index (χ4v) is 3.92. The lowest BCUT2D eigenvalue weighted by atomic mass is 9.96. The molecule has 1 aromatic heterocycles. The molecule has 1 N–H and O–H groups in total. The van der Waals surface area contributed by atoms with E-state index in [0.29, 0.717) is 19.5 Å². The van der Waals surface area contributed by atoms with Gasteiger partial charge in [-0.3, -0.25) is 9.59 Å². The highest BCUT2D eigenvalue weighted by atomic mass is 16.2. The number of fused-ring (bicyclic) bond motifs is 1. The van der Waals surface area contributed by atoms with E-state index in [9.17, 15) is 9.59 Å². The highest BCUT2D eigenvalue weighted by Gasteiger charge is 2.30. The van der Waals surface area contributed by atoms with Crippen molar-refractivity contribution in [3.05, 3.63) is 42.7 Å². The summed E-state index contributed by atoms with van der Waals surface area (Å²) in [5.41, 5.74) is 1.72. The van der Waals surface area contributed by atoms with Crippen LogP contribution in [0.15, 0.2) is 36.9 Å². The first-order valence-corrected chi connectivity index (χ1v) is 9.88. The summed E-state index contributed by atoms with van der Waals surface area (Å²) in [7, 11) is 0. The zero-order valence-electron chi connectivity index (χ0n) is 15.9. The number of carbonyl (C=O) groups is 2. The van der Waals surface area contributed by atoms with Crippen molar-refractivity contribution >= 4 is 17.5 Å². The van der Waals surface area contributed by atoms with Crippen molar-refractivity contribution in [2.24, 2.45) is 5.92 Å². The number of likely N-dealkylation sites (tertiary alicyclic amines) is 1. The number of aryl methyl sites for hydroxylation is 1. The van der Waals surface area contributed by atoms with Gasteiger partial charge in [-0.2, -0.15) is 0 Å². The molecule has 7 nitrogen and oxygen atoms in total. The second-order valence-electron chi connectivity index (χ2n) is 7.55. The summed E-state index contributed by atoms with van der Waals surface area (Å²) in [6.45, 7) is 5.66. The number of nitrogens with zero attached hydrogens (tertiary/aromatic N) is 4. The minimum absolute atomic E-state index is 0.0343. The van der Waals surface area contributed by atoms with Crippen molar-refractivity contribution < 1.29 is 9.59 Å². The van der Waals surface area contributed by atoms with Crippen LogP contribution in [-0.4, -0.2) is 44.6 Å². The van der Waals surface area contributed by atoms with Crippen LogP contribution < -0.4 is 5.32 Å². The van der Waals surface area contributed by atoms with Gasteiger partial charge in [-0.25, -0.2) is 0 Å². The third-order valence-electron chi connectivity index (χ3n) is 5.43. The van der Waals surface area contributed by atoms with Gasteiger partial charge in [-0.1, -0.05) is 25.1 Å². The molecule has 146 valence electrons. The van der Waals surface area contributed by atoms with Gasteiger partial charge in [-0.15, -0.1) is 10.2 Å². The van der Waals surface area contributed by atoms with E-state index < -0.39 is 0 Å². The minimum atomic E-state index is -0.0724. The lowest BCUT2D eigenvalue weighted by Crippen LogP contribution is -2.50. The third-order valence-corrected chi connectivity index (χ3v) is 5.43. The second kappa shape index (κ2) is 7.96. The van der Waals surface area contributed by atoms with Crippen molar-refractivity contribution in [2.75, 3.05) is 18.4 Å². The maximum Gasteiger partial charge on any atom is 0.245 e. The van der Waals surface area contributed by atoms with E-state index in [4.69, 9.17) is 0 Å². The number of carbonyl (C=O) groups excluding carboxylic acids is 2. The molecule has 0 atom stereocenters. The summed E-state index contributed by atoms with van der Waals surface area (Å²) in [6.07, 6.45) is 6.21. The number of anilines is 1. The molecule has 0 spiro atoms. The van der Waals surface area contributed by atoms with Gasteiger partial charge in [-0.05, 0) is 31.1 Å². The Labute approximate surface area is 164 Å². The van der Waals surface area contributed by atoms with E-state index in [-0.39, 0.29) is 17.7 Å². The smallest absolute Gasteiger partial charge is 0.245 e. The molecular weight excluding hydrogens is 354 g/mol. The van der Waals surface area contributed by atoms with Crippen LogP contribution >= 0.6 is 0 Å². The highest BCUT2D eigenvalue weighted by molar-refractivity contribution is 5.92. The van der Waals surface area contributed by atoms with Crippen LogP contribution in [-0.2, 0) is 22.6 Å². The molecule has 1 aromatic carbocycles. The van der Waals surface area contributed by atoms with Crippen LogP contribution in [0.5, 0.6) is 0 Å². The predicted molar refractivity (Wildman–Crippen MR) is 107 cm³/mol. The van der Waals surface area contributed by atoms with Crippen molar-refractivity contribution in [3.8, 4) is 11.4 Å². The van der Waals surface area contributed by atoms with Gasteiger partial charge >= 0.3 is 0 Å². The number of aromatic nitrogens is 3. The molecule has 1 saturated heterocycles. The van der Waals surface area contributed by atoms with Gasteiger partial charge in [0.15, 0.2) is 5.82 Å². The fourth-order valence-electron chi connectivity index (χ4n) is 3.92. The van der Waals surface area contributed by atoms with Crippen LogP contribution in [0.3, 0.4) is 0 Å². The van der Waals surface area contributed by atoms with Gasteiger partial charge in [0.05, 0.1) is 0 Å². The Bertz CT molecular complexity index is 898. The monoisotopic (exact) mass is 379 g/mol. The first-order chi connectivity index (χ1) is 13.6. The molecule has 4 rings (SSSR count). The number of rotatable bonds is 5. The number of benzene rings is 1. The molecule has 2 aromatic rings. The first-order valence-electron chi connectivity index (χ1n) is 9.88. The van der Waals surface area contributed by atoms with Gasteiger partial charge in [0.1, 0.15) is 5.82 Å². The Hall–Kier alpha value is -2.96. The fraction of sp³-hybridized carbons (Fsp3) is 0.429. The standard InChI is InChI=1S/C21H25N5O2/c1-2-20(28)25-13-15(14-25)11-19(27)22-17-8-6-7-16(12-17)21-24-23-18-9-4-3-5-10-26(18)21/h2,6-8,12,15H,1,3-5,9-11,13-14H2,(H,22,27). The molecule has 7 heteroatoms. The molecule has 0 aliphatic carbocycles. The largest absolute Gasteiger partial charge is 0.338 e. The first kappa shape index (κ1) is 18.4. The average molecular weight is 379 g/mol. The van der Waals surface area contributed by atoms with Gasteiger partial charge < -0.3 is 14.8 Å². The van der Waals surface area contributed by atoms with Crippen LogP contribution in [0.1, 0.15) is 31.5 Å². The van der Waals surface area contributed by atoms with Crippen molar-refractivity contribution in [1.82, 2.24) is 19.7 Å². The van der Waals surface area contributed by atoms with Gasteiger partial charge in [0.2, 0.25) is 11.8 Å². The molecule has 0 unspecified atom stereocenters. The maximum atomic E-state index is 12.4. The van der Waals surface area contributed by atoms with E-state index in [2.05, 4.69) is 26.7 Å². The number of hydrogen-bond donors (Lipinski definition) is 1. The Morgan fingerprint density at radius 2 is 2.07 bits per heavy atom. The van der Waals surface area contributed by atoms with Crippen LogP contribution in [0.2, 0.25) is 0 Å². The van der Waals surface area contributed by atoms with E-state index >= 15 is 0 Å². The van der Waals surface area contributed by atoms with Gasteiger partial charge in [0.25, 0.3) is 0 Å². The molecule has 2 amide bonds. The summed E-state index contributed by atoms with van der Waals surface area (Å²) in [6, 6.07) is 7.77. The molecular formula is C21H25N5O2. The minimum Gasteiger partial charge on any atom is -0.338 e. The topological polar surface area (TPSA) is 80.1 Å². The molecule has 2 aliphatic heterocycles. The lowest BCUT2D eigenvalue weighted by Gasteiger charge is -2.38. The molecule has 1 fully saturated rings. The SMILES string of the molecule is C=CC(=O)N1CC(CC(=O)Nc2cccc(-c3nnc4n3CCCCC4)c2)C1. The quantitative estimate of drug-likeness (QED) is 0.810. The predicted octanol–water partition coefficient (Wildman–Crippen LogP) is 2.64. The Kier molecular flexibility index (Phi) is 5.23.